The number of anilines is 1. The molecule has 1 atom stereocenters. The molecule has 7 heteroatoms. The van der Waals surface area contributed by atoms with Crippen molar-refractivity contribution in [3.8, 4) is 17.2 Å². The van der Waals surface area contributed by atoms with Gasteiger partial charge in [0.1, 0.15) is 17.2 Å². The molecule has 0 aliphatic heterocycles. The Balaban J connectivity index is 1.70. The lowest BCUT2D eigenvalue weighted by atomic mass is 10.0. The molecule has 31 heavy (non-hydrogen) atoms. The number of hydrogen-bond acceptors (Lipinski definition) is 4. The molecule has 0 fully saturated rings. The van der Waals surface area contributed by atoms with Crippen LogP contribution in [0.4, 0.5) is 10.5 Å². The van der Waals surface area contributed by atoms with Crippen LogP contribution in [0.3, 0.4) is 0 Å². The van der Waals surface area contributed by atoms with E-state index in [0.717, 1.165) is 5.75 Å². The van der Waals surface area contributed by atoms with Gasteiger partial charge in [0.05, 0.1) is 19.1 Å². The van der Waals surface area contributed by atoms with Crippen LogP contribution in [0, 0.1) is 0 Å². The van der Waals surface area contributed by atoms with E-state index in [1.165, 1.54) is 0 Å². The van der Waals surface area contributed by atoms with E-state index < -0.39 is 12.1 Å². The average molecular weight is 419 g/mol. The van der Waals surface area contributed by atoms with Crippen LogP contribution in [-0.4, -0.2) is 18.5 Å². The number of urea groups is 1. The summed E-state index contributed by atoms with van der Waals surface area (Å²) >= 11 is 0. The molecule has 3 amide bonds. The first kappa shape index (κ1) is 21.7. The van der Waals surface area contributed by atoms with E-state index in [1.54, 1.807) is 42.5 Å². The molecule has 0 aliphatic rings. The first-order chi connectivity index (χ1) is 15.0. The van der Waals surface area contributed by atoms with E-state index in [9.17, 15) is 9.59 Å². The number of para-hydroxylation sites is 1. The number of carbonyl (C=O) groups is 2. The summed E-state index contributed by atoms with van der Waals surface area (Å²) in [6, 6.07) is 22.3. The number of nitrogens with two attached hydrogens (primary N) is 1. The Kier molecular flexibility index (Phi) is 7.48. The molecule has 3 aromatic rings. The number of rotatable bonds is 9. The minimum absolute atomic E-state index is 0.00490. The minimum Gasteiger partial charge on any atom is -0.494 e. The average Bonchev–Trinajstić information content (AvgIpc) is 2.75. The van der Waals surface area contributed by atoms with Gasteiger partial charge in [-0.2, -0.15) is 0 Å². The highest BCUT2D eigenvalue weighted by molar-refractivity contribution is 5.91. The molecule has 0 saturated heterocycles. The second kappa shape index (κ2) is 10.7. The molecule has 0 aromatic heterocycles. The summed E-state index contributed by atoms with van der Waals surface area (Å²) in [5.74, 6) is 1.74. The van der Waals surface area contributed by atoms with Crippen molar-refractivity contribution in [1.29, 1.82) is 0 Å². The highest BCUT2D eigenvalue weighted by Crippen LogP contribution is 2.26. The van der Waals surface area contributed by atoms with Crippen LogP contribution in [0.1, 0.15) is 24.9 Å². The zero-order chi connectivity index (χ0) is 22.1. The Morgan fingerprint density at radius 2 is 1.61 bits per heavy atom. The summed E-state index contributed by atoms with van der Waals surface area (Å²) in [4.78, 5) is 24.1. The van der Waals surface area contributed by atoms with E-state index >= 15 is 0 Å². The molecule has 0 aliphatic carbocycles. The number of amides is 3. The number of hydrogen-bond donors (Lipinski definition) is 3. The van der Waals surface area contributed by atoms with Crippen molar-refractivity contribution in [1.82, 2.24) is 5.32 Å². The number of benzene rings is 3. The molecule has 0 bridgehead atoms. The Bertz CT molecular complexity index is 1010. The third kappa shape index (κ3) is 6.78. The van der Waals surface area contributed by atoms with Crippen molar-refractivity contribution >= 4 is 17.6 Å². The van der Waals surface area contributed by atoms with Crippen molar-refractivity contribution in [3.63, 3.8) is 0 Å². The van der Waals surface area contributed by atoms with Crippen LogP contribution in [0.5, 0.6) is 17.2 Å². The Morgan fingerprint density at radius 1 is 0.903 bits per heavy atom. The number of carbonyl (C=O) groups excluding carboxylic acids is 2. The Morgan fingerprint density at radius 3 is 2.29 bits per heavy atom. The maximum atomic E-state index is 12.6. The quantitative estimate of drug-likeness (QED) is 0.471. The number of primary amides is 1. The smallest absolute Gasteiger partial charge is 0.312 e. The summed E-state index contributed by atoms with van der Waals surface area (Å²) in [5, 5.41) is 5.45. The molecule has 0 unspecified atom stereocenters. The van der Waals surface area contributed by atoms with Crippen LogP contribution >= 0.6 is 0 Å². The molecule has 0 spiro atoms. The van der Waals surface area contributed by atoms with Gasteiger partial charge in [0.15, 0.2) is 0 Å². The second-order valence-corrected chi connectivity index (χ2v) is 6.76. The predicted octanol–water partition coefficient (Wildman–Crippen LogP) is 4.62. The van der Waals surface area contributed by atoms with E-state index in [2.05, 4.69) is 10.6 Å². The van der Waals surface area contributed by atoms with E-state index in [4.69, 9.17) is 15.2 Å². The van der Waals surface area contributed by atoms with E-state index in [-0.39, 0.29) is 12.3 Å². The molecule has 4 N–H and O–H groups in total. The lowest BCUT2D eigenvalue weighted by Gasteiger charge is -2.19. The van der Waals surface area contributed by atoms with Crippen molar-refractivity contribution in [2.24, 2.45) is 5.73 Å². The predicted molar refractivity (Wildman–Crippen MR) is 119 cm³/mol. The van der Waals surface area contributed by atoms with Gasteiger partial charge >= 0.3 is 6.03 Å². The van der Waals surface area contributed by atoms with Crippen LogP contribution in [0.15, 0.2) is 78.9 Å². The van der Waals surface area contributed by atoms with Crippen LogP contribution in [0.25, 0.3) is 0 Å². The van der Waals surface area contributed by atoms with Crippen molar-refractivity contribution in [2.45, 2.75) is 19.4 Å². The largest absolute Gasteiger partial charge is 0.494 e. The van der Waals surface area contributed by atoms with E-state index in [0.29, 0.717) is 29.4 Å². The summed E-state index contributed by atoms with van der Waals surface area (Å²) in [6.07, 6.45) is 0.00490. The molecular weight excluding hydrogens is 394 g/mol. The van der Waals surface area contributed by atoms with Gasteiger partial charge in [-0.15, -0.1) is 0 Å². The Labute approximate surface area is 181 Å². The molecule has 7 nitrogen and oxygen atoms in total. The zero-order valence-corrected chi connectivity index (χ0v) is 17.2. The molecule has 0 saturated carbocycles. The summed E-state index contributed by atoms with van der Waals surface area (Å²) in [7, 11) is 0. The van der Waals surface area contributed by atoms with Crippen LogP contribution < -0.4 is 25.8 Å². The van der Waals surface area contributed by atoms with Crippen molar-refractivity contribution in [3.05, 3.63) is 84.4 Å². The molecular formula is C24H25N3O4. The van der Waals surface area contributed by atoms with Gasteiger partial charge in [-0.1, -0.05) is 30.3 Å². The third-order valence-electron chi connectivity index (χ3n) is 4.39. The van der Waals surface area contributed by atoms with Crippen molar-refractivity contribution < 1.29 is 19.1 Å². The first-order valence-corrected chi connectivity index (χ1v) is 9.95. The number of ether oxygens (including phenoxy) is 2. The fraction of sp³-hybridized carbons (Fsp3) is 0.167. The summed E-state index contributed by atoms with van der Waals surface area (Å²) < 4.78 is 11.2. The molecule has 160 valence electrons. The van der Waals surface area contributed by atoms with Gasteiger partial charge in [-0.05, 0) is 61.0 Å². The van der Waals surface area contributed by atoms with Gasteiger partial charge < -0.3 is 25.8 Å². The zero-order valence-electron chi connectivity index (χ0n) is 17.2. The standard InChI is InChI=1S/C24H25N3O4/c1-2-30-19-13-11-18(12-14-19)26-23(28)16-22(27-24(25)29)17-7-6-10-21(15-17)31-20-8-4-3-5-9-20/h3-15,22H,2,16H2,1H3,(H,26,28)(H3,25,27,29)/t22-/m0/s1. The normalized spacial score (nSPS) is 11.3. The minimum atomic E-state index is -0.715. The van der Waals surface area contributed by atoms with Gasteiger partial charge in [-0.25, -0.2) is 4.79 Å². The maximum absolute atomic E-state index is 12.6. The topological polar surface area (TPSA) is 103 Å². The molecule has 0 heterocycles. The van der Waals surface area contributed by atoms with Crippen LogP contribution in [0.2, 0.25) is 0 Å². The monoisotopic (exact) mass is 419 g/mol. The fourth-order valence-corrected chi connectivity index (χ4v) is 3.04. The second-order valence-electron chi connectivity index (χ2n) is 6.76. The molecule has 0 radical (unpaired) electrons. The van der Waals surface area contributed by atoms with E-state index in [1.807, 2.05) is 43.3 Å². The first-order valence-electron chi connectivity index (χ1n) is 9.95. The summed E-state index contributed by atoms with van der Waals surface area (Å²) in [6.45, 7) is 2.47. The van der Waals surface area contributed by atoms with Gasteiger partial charge in [0, 0.05) is 5.69 Å². The lowest BCUT2D eigenvalue weighted by molar-refractivity contribution is -0.116. The molecule has 3 rings (SSSR count). The Hall–Kier alpha value is -4.00. The highest BCUT2D eigenvalue weighted by Gasteiger charge is 2.18. The van der Waals surface area contributed by atoms with Gasteiger partial charge in [-0.3, -0.25) is 4.79 Å². The fourth-order valence-electron chi connectivity index (χ4n) is 3.04. The van der Waals surface area contributed by atoms with Gasteiger partial charge in [0.2, 0.25) is 5.91 Å². The summed E-state index contributed by atoms with van der Waals surface area (Å²) in [5.41, 5.74) is 6.67. The van der Waals surface area contributed by atoms with Crippen LogP contribution in [-0.2, 0) is 4.79 Å². The third-order valence-corrected chi connectivity index (χ3v) is 4.39. The van der Waals surface area contributed by atoms with Crippen molar-refractivity contribution in [2.75, 3.05) is 11.9 Å². The SMILES string of the molecule is CCOc1ccc(NC(=O)C[C@H](NC(N)=O)c2cccc(Oc3ccccc3)c2)cc1. The van der Waals surface area contributed by atoms with Gasteiger partial charge in [0.25, 0.3) is 0 Å². The lowest BCUT2D eigenvalue weighted by Crippen LogP contribution is -2.35. The molecule has 3 aromatic carbocycles. The maximum Gasteiger partial charge on any atom is 0.312 e. The number of nitrogens with one attached hydrogen (secondary N) is 2. The highest BCUT2D eigenvalue weighted by atomic mass is 16.5.